The monoisotopic (exact) mass is 265 g/mol. The number of likely N-dealkylation sites (N-methyl/N-ethyl adjacent to an activating group) is 1. The maximum Gasteiger partial charge on any atom is 0.421 e. The first-order valence-electron chi connectivity index (χ1n) is 5.48. The zero-order chi connectivity index (χ0) is 13.1. The molecule has 0 aromatic heterocycles. The summed E-state index contributed by atoms with van der Waals surface area (Å²) >= 11 is 0. The molecule has 2 unspecified atom stereocenters. The van der Waals surface area contributed by atoms with Gasteiger partial charge in [0.1, 0.15) is 0 Å². The van der Waals surface area contributed by atoms with E-state index in [0.717, 1.165) is 30.7 Å². The Balaban J connectivity index is 2.73. The molecular weight excluding hydrogens is 246 g/mol. The average molecular weight is 265 g/mol. The molecule has 0 saturated heterocycles. The van der Waals surface area contributed by atoms with Crippen molar-refractivity contribution in [1.29, 1.82) is 0 Å². The van der Waals surface area contributed by atoms with Crippen molar-refractivity contribution < 1.29 is 17.9 Å². The number of carbonyl (C=O) groups excluding carboxylic acids is 1. The van der Waals surface area contributed by atoms with Crippen LogP contribution in [0.2, 0.25) is 0 Å². The molecule has 1 aliphatic carbocycles. The lowest BCUT2D eigenvalue weighted by Gasteiger charge is -2.34. The number of methoxy groups -OCH3 is 1. The number of amides is 1. The van der Waals surface area contributed by atoms with Crippen LogP contribution < -0.4 is 10.5 Å². The van der Waals surface area contributed by atoms with Gasteiger partial charge in [0.15, 0.2) is 0 Å². The summed E-state index contributed by atoms with van der Waals surface area (Å²) < 4.78 is 30.8. The predicted octanol–water partition coefficient (Wildman–Crippen LogP) is -0.211. The Morgan fingerprint density at radius 1 is 1.41 bits per heavy atom. The van der Waals surface area contributed by atoms with Crippen LogP contribution in [0.15, 0.2) is 0 Å². The number of nitrogens with one attached hydrogen (secondary N) is 1. The van der Waals surface area contributed by atoms with Crippen LogP contribution in [0.4, 0.5) is 4.79 Å². The summed E-state index contributed by atoms with van der Waals surface area (Å²) in [5, 5.41) is 0. The minimum Gasteiger partial charge on any atom is -0.452 e. The molecule has 0 heterocycles. The van der Waals surface area contributed by atoms with Crippen molar-refractivity contribution in [2.45, 2.75) is 37.8 Å². The number of carbonyl (C=O) groups is 1. The van der Waals surface area contributed by atoms with Gasteiger partial charge >= 0.3 is 16.3 Å². The maximum absolute atomic E-state index is 11.8. The fourth-order valence-electron chi connectivity index (χ4n) is 1.99. The Morgan fingerprint density at radius 3 is 2.53 bits per heavy atom. The van der Waals surface area contributed by atoms with Gasteiger partial charge in [-0.15, -0.1) is 0 Å². The predicted molar refractivity (Wildman–Crippen MR) is 62.5 cm³/mol. The van der Waals surface area contributed by atoms with Crippen molar-refractivity contribution in [3.05, 3.63) is 0 Å². The average Bonchev–Trinajstić information content (AvgIpc) is 2.28. The normalized spacial score (nSPS) is 25.6. The van der Waals surface area contributed by atoms with E-state index in [9.17, 15) is 13.2 Å². The van der Waals surface area contributed by atoms with Gasteiger partial charge in [0, 0.05) is 19.1 Å². The number of ether oxygens (including phenoxy) is 1. The summed E-state index contributed by atoms with van der Waals surface area (Å²) in [5.74, 6) is 0. The lowest BCUT2D eigenvalue weighted by atomic mass is 9.91. The standard InChI is InChI=1S/C9H19N3O4S/c1-12(8-6-4-3-5-7(8)10)17(14,15)11-9(13)16-2/h7-8H,3-6,10H2,1-2H3,(H,11,13). The molecule has 0 aliphatic heterocycles. The van der Waals surface area contributed by atoms with Crippen LogP contribution in [0.1, 0.15) is 25.7 Å². The molecule has 0 spiro atoms. The van der Waals surface area contributed by atoms with E-state index in [0.29, 0.717) is 6.42 Å². The van der Waals surface area contributed by atoms with Crippen molar-refractivity contribution in [2.75, 3.05) is 14.2 Å². The summed E-state index contributed by atoms with van der Waals surface area (Å²) in [7, 11) is -1.35. The highest BCUT2D eigenvalue weighted by molar-refractivity contribution is 7.87. The Morgan fingerprint density at radius 2 is 2.00 bits per heavy atom. The van der Waals surface area contributed by atoms with E-state index < -0.39 is 16.3 Å². The minimum absolute atomic E-state index is 0.192. The van der Waals surface area contributed by atoms with Gasteiger partial charge in [0.05, 0.1) is 7.11 Å². The summed E-state index contributed by atoms with van der Waals surface area (Å²) in [6.07, 6.45) is 2.45. The highest BCUT2D eigenvalue weighted by Crippen LogP contribution is 2.22. The van der Waals surface area contributed by atoms with Gasteiger partial charge in [-0.25, -0.2) is 9.52 Å². The Kier molecular flexibility index (Phi) is 4.72. The molecule has 0 bridgehead atoms. The van der Waals surface area contributed by atoms with Gasteiger partial charge in [-0.1, -0.05) is 12.8 Å². The van der Waals surface area contributed by atoms with Gasteiger partial charge in [-0.2, -0.15) is 12.7 Å². The lowest BCUT2D eigenvalue weighted by molar-refractivity contribution is 0.176. The molecule has 8 heteroatoms. The van der Waals surface area contributed by atoms with E-state index in [1.54, 1.807) is 4.72 Å². The molecule has 1 amide bonds. The van der Waals surface area contributed by atoms with E-state index in [2.05, 4.69) is 4.74 Å². The smallest absolute Gasteiger partial charge is 0.421 e. The van der Waals surface area contributed by atoms with E-state index in [1.165, 1.54) is 7.05 Å². The SMILES string of the molecule is COC(=O)NS(=O)(=O)N(C)C1CCCCC1N. The highest BCUT2D eigenvalue weighted by atomic mass is 32.2. The molecule has 7 nitrogen and oxygen atoms in total. The molecule has 0 aromatic carbocycles. The van der Waals surface area contributed by atoms with Crippen LogP contribution >= 0.6 is 0 Å². The first kappa shape index (κ1) is 14.2. The van der Waals surface area contributed by atoms with E-state index in [1.807, 2.05) is 0 Å². The third-order valence-electron chi connectivity index (χ3n) is 3.03. The van der Waals surface area contributed by atoms with Crippen LogP contribution in [0.5, 0.6) is 0 Å². The number of nitrogens with zero attached hydrogens (tertiary/aromatic N) is 1. The number of hydrogen-bond donors (Lipinski definition) is 2. The second-order valence-electron chi connectivity index (χ2n) is 4.13. The number of rotatable bonds is 3. The van der Waals surface area contributed by atoms with E-state index >= 15 is 0 Å². The van der Waals surface area contributed by atoms with Crippen molar-refractivity contribution in [1.82, 2.24) is 9.03 Å². The van der Waals surface area contributed by atoms with Crippen LogP contribution in [-0.4, -0.2) is 45.1 Å². The lowest BCUT2D eigenvalue weighted by Crippen LogP contribution is -2.53. The topological polar surface area (TPSA) is 102 Å². The van der Waals surface area contributed by atoms with Gasteiger partial charge in [0.25, 0.3) is 0 Å². The molecule has 0 aromatic rings. The van der Waals surface area contributed by atoms with Gasteiger partial charge in [-0.3, -0.25) is 0 Å². The summed E-state index contributed by atoms with van der Waals surface area (Å²) in [6.45, 7) is 0. The molecule has 1 saturated carbocycles. The maximum atomic E-state index is 11.8. The van der Waals surface area contributed by atoms with E-state index in [4.69, 9.17) is 5.73 Å². The molecule has 1 aliphatic rings. The second kappa shape index (κ2) is 5.65. The van der Waals surface area contributed by atoms with Crippen LogP contribution in [0.25, 0.3) is 0 Å². The Hall–Kier alpha value is -0.860. The summed E-state index contributed by atoms with van der Waals surface area (Å²) in [4.78, 5) is 10.9. The van der Waals surface area contributed by atoms with Gasteiger partial charge < -0.3 is 10.5 Å². The molecule has 2 atom stereocenters. The van der Waals surface area contributed by atoms with Crippen molar-refractivity contribution >= 4 is 16.3 Å². The molecule has 0 radical (unpaired) electrons. The first-order valence-corrected chi connectivity index (χ1v) is 6.92. The van der Waals surface area contributed by atoms with Crippen LogP contribution in [-0.2, 0) is 14.9 Å². The highest BCUT2D eigenvalue weighted by Gasteiger charge is 2.33. The molecule has 17 heavy (non-hydrogen) atoms. The number of hydrogen-bond acceptors (Lipinski definition) is 5. The van der Waals surface area contributed by atoms with Crippen molar-refractivity contribution in [2.24, 2.45) is 5.73 Å². The van der Waals surface area contributed by atoms with E-state index in [-0.39, 0.29) is 12.1 Å². The fraction of sp³-hybridized carbons (Fsp3) is 0.889. The zero-order valence-corrected chi connectivity index (χ0v) is 10.9. The molecule has 1 fully saturated rings. The van der Waals surface area contributed by atoms with Crippen molar-refractivity contribution in [3.63, 3.8) is 0 Å². The minimum atomic E-state index is -3.88. The quantitative estimate of drug-likeness (QED) is 0.735. The molecule has 1 rings (SSSR count). The van der Waals surface area contributed by atoms with Crippen molar-refractivity contribution in [3.8, 4) is 0 Å². The Bertz CT molecular complexity index is 370. The zero-order valence-electron chi connectivity index (χ0n) is 10.0. The second-order valence-corrected chi connectivity index (χ2v) is 5.86. The third kappa shape index (κ3) is 3.55. The molecule has 100 valence electrons. The van der Waals surface area contributed by atoms with Gasteiger partial charge in [-0.05, 0) is 12.8 Å². The fourth-order valence-corrected chi connectivity index (χ4v) is 3.04. The number of nitrogens with two attached hydrogens (primary N) is 1. The molecule has 3 N–H and O–H groups in total. The first-order chi connectivity index (χ1) is 7.88. The third-order valence-corrected chi connectivity index (χ3v) is 4.48. The Labute approximate surface area is 101 Å². The largest absolute Gasteiger partial charge is 0.452 e. The van der Waals surface area contributed by atoms with Crippen LogP contribution in [0.3, 0.4) is 0 Å². The molecular formula is C9H19N3O4S. The van der Waals surface area contributed by atoms with Gasteiger partial charge in [0.2, 0.25) is 0 Å². The summed E-state index contributed by atoms with van der Waals surface area (Å²) in [5.41, 5.74) is 5.89. The summed E-state index contributed by atoms with van der Waals surface area (Å²) in [6, 6.07) is -0.464. The van der Waals surface area contributed by atoms with Crippen LogP contribution in [0, 0.1) is 0 Å².